The molecular formula is C4H7O+. The maximum atomic E-state index is 9.28. The average Bonchev–Trinajstić information content (AvgIpc) is 1.41. The van der Waals surface area contributed by atoms with Gasteiger partial charge in [0.1, 0.15) is 0 Å². The molecule has 0 bridgehead atoms. The topological polar surface area (TPSA) is 19.9 Å². The van der Waals surface area contributed by atoms with E-state index in [9.17, 15) is 4.65 Å². The molecule has 28 valence electrons. The van der Waals surface area contributed by atoms with Crippen LogP contribution in [0.25, 0.3) is 0 Å². The van der Waals surface area contributed by atoms with Gasteiger partial charge < -0.3 is 0 Å². The maximum absolute atomic E-state index is 9.28. The van der Waals surface area contributed by atoms with Crippen molar-refractivity contribution in [2.45, 2.75) is 19.8 Å². The first-order valence-electron chi connectivity index (χ1n) is 1.76. The van der Waals surface area contributed by atoms with E-state index in [4.69, 9.17) is 0 Å². The summed E-state index contributed by atoms with van der Waals surface area (Å²) < 4.78 is 9.28. The normalized spacial score (nSPS) is 6.40. The fourth-order valence-electron chi connectivity index (χ4n) is 0.102. The fourth-order valence-corrected chi connectivity index (χ4v) is 0.102. The minimum atomic E-state index is 0.583. The summed E-state index contributed by atoms with van der Waals surface area (Å²) in [6.07, 6.45) is 3.27. The number of unbranched alkanes of at least 4 members (excludes halogenated alkanes) is 1. The predicted octanol–water partition coefficient (Wildman–Crippen LogP) is 1.18. The van der Waals surface area contributed by atoms with Crippen LogP contribution in [0.2, 0.25) is 0 Å². The van der Waals surface area contributed by atoms with Crippen molar-refractivity contribution in [1.29, 1.82) is 0 Å². The molecule has 0 aromatic rings. The van der Waals surface area contributed by atoms with Gasteiger partial charge in [-0.1, -0.05) is 0 Å². The van der Waals surface area contributed by atoms with Gasteiger partial charge in [-0.15, -0.1) is 0 Å². The van der Waals surface area contributed by atoms with Gasteiger partial charge in [-0.2, -0.15) is 0 Å². The average molecular weight is 71.1 g/mol. The summed E-state index contributed by atoms with van der Waals surface area (Å²) in [6, 6.07) is 0. The molecule has 1 nitrogen and oxygen atoms in total. The van der Waals surface area contributed by atoms with Crippen LogP contribution in [-0.2, 0) is 4.65 Å². The van der Waals surface area contributed by atoms with E-state index in [2.05, 4.69) is 0 Å². The molecule has 0 aliphatic carbocycles. The Kier molecular flexibility index (Phi) is 3.55. The first-order valence-corrected chi connectivity index (χ1v) is 1.76. The van der Waals surface area contributed by atoms with E-state index in [-0.39, 0.29) is 0 Å². The zero-order valence-corrected chi connectivity index (χ0v) is 3.32. The van der Waals surface area contributed by atoms with E-state index in [1.165, 1.54) is 0 Å². The summed E-state index contributed by atoms with van der Waals surface area (Å²) >= 11 is 0. The van der Waals surface area contributed by atoms with Crippen LogP contribution in [-0.4, -0.2) is 0 Å². The van der Waals surface area contributed by atoms with Gasteiger partial charge in [0, 0.05) is 0 Å². The van der Waals surface area contributed by atoms with Crippen molar-refractivity contribution >= 4 is 0 Å². The van der Waals surface area contributed by atoms with Crippen molar-refractivity contribution in [2.75, 3.05) is 0 Å². The summed E-state index contributed by atoms with van der Waals surface area (Å²) in [5.74, 6) is 0. The molecule has 0 N–H and O–H groups in total. The number of hydrogen-bond donors (Lipinski definition) is 0. The first kappa shape index (κ1) is 4.74. The molecule has 0 heterocycles. The van der Waals surface area contributed by atoms with E-state index in [0.29, 0.717) is 6.42 Å². The van der Waals surface area contributed by atoms with Crippen molar-refractivity contribution < 1.29 is 4.65 Å². The van der Waals surface area contributed by atoms with Crippen molar-refractivity contribution in [3.63, 3.8) is 0 Å². The van der Waals surface area contributed by atoms with Crippen LogP contribution < -0.4 is 0 Å². The zero-order valence-electron chi connectivity index (χ0n) is 3.32. The third-order valence-corrected chi connectivity index (χ3v) is 0.352. The Bertz CT molecular complexity index is 42.1. The van der Waals surface area contributed by atoms with Gasteiger partial charge in [0.05, 0.1) is 0 Å². The van der Waals surface area contributed by atoms with Gasteiger partial charge in [-0.05, 0) is 0 Å². The summed E-state index contributed by atoms with van der Waals surface area (Å²) in [5.41, 5.74) is 0. The van der Waals surface area contributed by atoms with Gasteiger partial charge in [-0.3, -0.25) is 0 Å². The van der Waals surface area contributed by atoms with E-state index < -0.39 is 0 Å². The fraction of sp³-hybridized carbons (Fsp3) is 0.750. The van der Waals surface area contributed by atoms with Gasteiger partial charge in [-0.25, -0.2) is 0 Å². The van der Waals surface area contributed by atoms with Crippen LogP contribution in [0.15, 0.2) is 0 Å². The van der Waals surface area contributed by atoms with Crippen molar-refractivity contribution in [3.8, 4) is 6.15 Å². The summed E-state index contributed by atoms with van der Waals surface area (Å²) in [5, 5.41) is 0. The van der Waals surface area contributed by atoms with Crippen molar-refractivity contribution in [1.82, 2.24) is 0 Å². The molecule has 0 atom stereocenters. The predicted molar refractivity (Wildman–Crippen MR) is 19.5 cm³/mol. The first-order chi connectivity index (χ1) is 2.41. The molecule has 0 aliphatic rings. The summed E-state index contributed by atoms with van der Waals surface area (Å²) in [7, 11) is 0. The molecule has 0 rings (SSSR count). The molecule has 1 heteroatoms. The second-order valence-electron chi connectivity index (χ2n) is 0.894. The SMILES string of the molecule is CCCC#[O+]. The van der Waals surface area contributed by atoms with Gasteiger partial charge >= 0.3 is 30.6 Å². The van der Waals surface area contributed by atoms with Crippen LogP contribution in [0.5, 0.6) is 0 Å². The third kappa shape index (κ3) is 3.74. The Balaban J connectivity index is 2.48. The van der Waals surface area contributed by atoms with Gasteiger partial charge in [0.25, 0.3) is 0 Å². The Morgan fingerprint density at radius 1 is 1.80 bits per heavy atom. The van der Waals surface area contributed by atoms with E-state index in [1.54, 1.807) is 6.15 Å². The second-order valence-corrected chi connectivity index (χ2v) is 0.894. The molecule has 0 fully saturated rings. The molecule has 0 unspecified atom stereocenters. The van der Waals surface area contributed by atoms with Crippen LogP contribution in [0, 0.1) is 6.15 Å². The molecule has 0 aromatic heterocycles. The van der Waals surface area contributed by atoms with Gasteiger partial charge in [0.15, 0.2) is 0 Å². The Morgan fingerprint density at radius 2 is 2.40 bits per heavy atom. The van der Waals surface area contributed by atoms with Crippen LogP contribution in [0.3, 0.4) is 0 Å². The zero-order chi connectivity index (χ0) is 4.12. The quantitative estimate of drug-likeness (QED) is 0.413. The van der Waals surface area contributed by atoms with Gasteiger partial charge in [0.2, 0.25) is 0 Å². The molecule has 0 aromatic carbocycles. The molecule has 0 spiro atoms. The van der Waals surface area contributed by atoms with Crippen LogP contribution in [0.4, 0.5) is 0 Å². The monoisotopic (exact) mass is 71.0 g/mol. The molecule has 5 heavy (non-hydrogen) atoms. The number of rotatable bonds is 1. The molecule has 0 saturated heterocycles. The summed E-state index contributed by atoms with van der Waals surface area (Å²) in [6.45, 7) is 1.95. The van der Waals surface area contributed by atoms with Crippen molar-refractivity contribution in [2.24, 2.45) is 0 Å². The molecule has 0 aliphatic heterocycles. The third-order valence-electron chi connectivity index (χ3n) is 0.352. The number of hydrogen-bond acceptors (Lipinski definition) is 0. The molecular weight excluding hydrogens is 64.0 g/mol. The second kappa shape index (κ2) is 3.74. The molecule has 0 amide bonds. The van der Waals surface area contributed by atoms with E-state index in [1.807, 2.05) is 6.92 Å². The Hall–Kier alpha value is -0.260. The Morgan fingerprint density at radius 3 is 2.40 bits per heavy atom. The Labute approximate surface area is 31.7 Å². The van der Waals surface area contributed by atoms with E-state index in [0.717, 1.165) is 6.42 Å². The van der Waals surface area contributed by atoms with E-state index >= 15 is 0 Å². The molecule has 0 radical (unpaired) electrons. The summed E-state index contributed by atoms with van der Waals surface area (Å²) in [4.78, 5) is 0. The minimum absolute atomic E-state index is 0.583. The van der Waals surface area contributed by atoms with Crippen LogP contribution in [0.1, 0.15) is 19.8 Å². The van der Waals surface area contributed by atoms with Crippen molar-refractivity contribution in [3.05, 3.63) is 0 Å². The standard InChI is InChI=1S/C4H7O/c1-2-3-4-5/h2-3H2,1H3/q+1. The van der Waals surface area contributed by atoms with Crippen LogP contribution >= 0.6 is 0 Å². The molecule has 0 saturated carbocycles.